The number of aromatic nitrogens is 5. The summed E-state index contributed by atoms with van der Waals surface area (Å²) in [6.07, 6.45) is 23.5. The Morgan fingerprint density at radius 1 is 0.366 bits per heavy atom. The largest absolute Gasteiger partial charge is 0.380 e. The summed E-state index contributed by atoms with van der Waals surface area (Å²) < 4.78 is 10.7. The number of hydrogen-bond acceptors (Lipinski definition) is 18. The molecule has 101 heavy (non-hydrogen) atoms. The molecule has 17 nitrogen and oxygen atoms in total. The Morgan fingerprint density at radius 2 is 0.822 bits per heavy atom. The molecule has 8 aliphatic rings. The van der Waals surface area contributed by atoms with E-state index in [0.717, 1.165) is 99.8 Å². The highest BCUT2D eigenvalue weighted by Crippen LogP contribution is 2.31. The Bertz CT molecular complexity index is 2410. The lowest BCUT2D eigenvalue weighted by atomic mass is 9.92. The van der Waals surface area contributed by atoms with Crippen LogP contribution < -0.4 is 0 Å². The first kappa shape index (κ1) is 89.9. The third-order valence-electron chi connectivity index (χ3n) is 21.5. The Balaban J connectivity index is 0.000000243. The van der Waals surface area contributed by atoms with Gasteiger partial charge < -0.3 is 38.9 Å². The highest BCUT2D eigenvalue weighted by atomic mass is 32.1. The van der Waals surface area contributed by atoms with Gasteiger partial charge in [-0.15, -0.1) is 11.3 Å². The molecule has 0 radical (unpaired) electrons. The molecule has 0 aliphatic carbocycles. The number of piperazine rings is 1. The quantitative estimate of drug-likeness (QED) is 0.142. The molecular formula is C83H153N15O2S. The number of pyridine rings is 2. The lowest BCUT2D eigenvalue weighted by Crippen LogP contribution is -2.53. The molecule has 0 bridgehead atoms. The molecule has 0 saturated carbocycles. The van der Waals surface area contributed by atoms with Crippen molar-refractivity contribution in [3.8, 4) is 0 Å². The van der Waals surface area contributed by atoms with E-state index in [0.29, 0.717) is 29.7 Å². The first-order valence-corrected chi connectivity index (χ1v) is 41.0. The van der Waals surface area contributed by atoms with Gasteiger partial charge in [-0.05, 0) is 259 Å². The van der Waals surface area contributed by atoms with E-state index in [-0.39, 0.29) is 0 Å². The van der Waals surface area contributed by atoms with Crippen molar-refractivity contribution in [2.45, 2.75) is 242 Å². The number of piperidine rings is 2. The van der Waals surface area contributed by atoms with Crippen molar-refractivity contribution in [3.05, 3.63) is 101 Å². The molecule has 8 aliphatic heterocycles. The van der Waals surface area contributed by atoms with Gasteiger partial charge in [-0.25, -0.2) is 9.97 Å². The van der Waals surface area contributed by atoms with Gasteiger partial charge in [0.15, 0.2) is 0 Å². The topological polar surface area (TPSA) is 115 Å². The van der Waals surface area contributed by atoms with Gasteiger partial charge in [0.05, 0.1) is 25.3 Å². The lowest BCUT2D eigenvalue weighted by Gasteiger charge is -2.43. The van der Waals surface area contributed by atoms with E-state index in [1.54, 1.807) is 23.9 Å². The second-order valence-electron chi connectivity index (χ2n) is 32.3. The third-order valence-corrected chi connectivity index (χ3v) is 22.6. The molecule has 0 N–H and O–H groups in total. The van der Waals surface area contributed by atoms with Crippen LogP contribution in [-0.2, 0) is 9.47 Å². The Labute approximate surface area is 624 Å². The van der Waals surface area contributed by atoms with Crippen LogP contribution in [0.2, 0.25) is 0 Å². The smallest absolute Gasteiger partial charge is 0.115 e. The molecule has 18 heteroatoms. The zero-order chi connectivity index (χ0) is 74.1. The summed E-state index contributed by atoms with van der Waals surface area (Å²) >= 11 is 1.72. The van der Waals surface area contributed by atoms with Gasteiger partial charge >= 0.3 is 0 Å². The number of hydrogen-bond donors (Lipinski definition) is 0. The molecule has 2 atom stereocenters. The van der Waals surface area contributed by atoms with Crippen LogP contribution in [0.15, 0.2) is 79.4 Å². The van der Waals surface area contributed by atoms with E-state index in [1.807, 2.05) is 60.8 Å². The number of likely N-dealkylation sites (N-methyl/N-ethyl adjacent to an activating group) is 2. The van der Waals surface area contributed by atoms with Crippen LogP contribution in [0, 0.1) is 11.8 Å². The lowest BCUT2D eigenvalue weighted by molar-refractivity contribution is -0.00175. The second-order valence-corrected chi connectivity index (χ2v) is 33.2. The van der Waals surface area contributed by atoms with Gasteiger partial charge in [0, 0.05) is 175 Å². The van der Waals surface area contributed by atoms with Crippen molar-refractivity contribution in [3.63, 3.8) is 0 Å². The van der Waals surface area contributed by atoms with Crippen LogP contribution in [0.25, 0.3) is 0 Å². The van der Waals surface area contributed by atoms with E-state index in [9.17, 15) is 0 Å². The van der Waals surface area contributed by atoms with Gasteiger partial charge in [0.25, 0.3) is 0 Å². The summed E-state index contributed by atoms with van der Waals surface area (Å²) in [4.78, 5) is 46.9. The fourth-order valence-electron chi connectivity index (χ4n) is 14.2. The first-order valence-electron chi connectivity index (χ1n) is 40.2. The van der Waals surface area contributed by atoms with Crippen LogP contribution in [0.3, 0.4) is 0 Å². The fourth-order valence-corrected chi connectivity index (χ4v) is 14.8. The second kappa shape index (κ2) is 51.7. The molecule has 4 aromatic rings. The monoisotopic (exact) mass is 1420 g/mol. The molecule has 8 saturated heterocycles. The average molecular weight is 1430 g/mol. The van der Waals surface area contributed by atoms with E-state index in [1.165, 1.54) is 179 Å². The fraction of sp³-hybridized carbons (Fsp3) is 0.795. The summed E-state index contributed by atoms with van der Waals surface area (Å²) in [7, 11) is 6.72. The number of morpholine rings is 1. The van der Waals surface area contributed by atoms with Crippen molar-refractivity contribution in [1.29, 1.82) is 0 Å². The van der Waals surface area contributed by atoms with Crippen molar-refractivity contribution in [2.24, 2.45) is 11.8 Å². The summed E-state index contributed by atoms with van der Waals surface area (Å²) in [5.74, 6) is 4.30. The molecule has 0 aromatic carbocycles. The first-order chi connectivity index (χ1) is 48.3. The number of thiazole rings is 1. The van der Waals surface area contributed by atoms with Crippen molar-refractivity contribution < 1.29 is 9.47 Å². The van der Waals surface area contributed by atoms with Gasteiger partial charge in [0.2, 0.25) is 0 Å². The van der Waals surface area contributed by atoms with Crippen LogP contribution >= 0.6 is 11.3 Å². The van der Waals surface area contributed by atoms with Gasteiger partial charge in [-0.1, -0.05) is 67.5 Å². The SMILES string of the molecule is CC(C)N1CCC(N2CCN(C)CC2)CC1.CC(C)N1CCC(N2CCOCC2)CC1.CC(C)N1CCC2CN(C)CC2CC1.CC(C)N1CCCN(C)CC1.CC(C)N1CCCOCC1.CC(C)c1ccccn1.CC(C)c1cccnc1.CC(C)c1cncnc1.CC(C)c1cncs1. The molecule has 0 amide bonds. The molecule has 0 spiro atoms. The van der Waals surface area contributed by atoms with Crippen LogP contribution in [0.5, 0.6) is 0 Å². The Hall–Kier alpha value is -3.47. The maximum absolute atomic E-state index is 5.40. The Morgan fingerprint density at radius 3 is 1.24 bits per heavy atom. The average Bonchev–Trinajstić information content (AvgIpc) is 1.74. The number of nitrogens with zero attached hydrogens (tertiary/aromatic N) is 15. The summed E-state index contributed by atoms with van der Waals surface area (Å²) in [5.41, 5.74) is 5.53. The van der Waals surface area contributed by atoms with Gasteiger partial charge in [-0.3, -0.25) is 34.6 Å². The maximum Gasteiger partial charge on any atom is 0.115 e. The number of fused-ring (bicyclic) bond motifs is 1. The number of likely N-dealkylation sites (tertiary alicyclic amines) is 4. The zero-order valence-corrected chi connectivity index (χ0v) is 69.4. The number of rotatable bonds is 11. The molecule has 8 fully saturated rings. The predicted molar refractivity (Wildman–Crippen MR) is 431 cm³/mol. The van der Waals surface area contributed by atoms with Gasteiger partial charge in [0.1, 0.15) is 6.33 Å². The normalized spacial score (nSPS) is 21.9. The molecule has 12 heterocycles. The minimum atomic E-state index is 0.534. The molecule has 4 aromatic heterocycles. The van der Waals surface area contributed by atoms with Crippen LogP contribution in [0.1, 0.15) is 221 Å². The minimum absolute atomic E-state index is 0.534. The predicted octanol–water partition coefficient (Wildman–Crippen LogP) is 14.4. The van der Waals surface area contributed by atoms with Crippen molar-refractivity contribution in [1.82, 2.24) is 73.9 Å². The molecular weight excluding hydrogens is 1270 g/mol. The maximum atomic E-state index is 5.40. The van der Waals surface area contributed by atoms with Gasteiger partial charge in [-0.2, -0.15) is 0 Å². The highest BCUT2D eigenvalue weighted by molar-refractivity contribution is 7.09. The van der Waals surface area contributed by atoms with Crippen molar-refractivity contribution in [2.75, 3.05) is 178 Å². The van der Waals surface area contributed by atoms with E-state index in [4.69, 9.17) is 9.47 Å². The zero-order valence-electron chi connectivity index (χ0n) is 68.6. The summed E-state index contributed by atoms with van der Waals surface area (Å²) in [6, 6.07) is 15.3. The van der Waals surface area contributed by atoms with Crippen LogP contribution in [-0.4, -0.2) is 295 Å². The standard InChI is InChI=1S/C13H27N3.C12H24N2O.C12H24N2.C9H20N2.C8H17NO.2C8H11N.C7H10N2.C6H9NS/c1-12(2)15-6-4-13(5-7-15)16-10-8-14(3)9-11-16;1-11(2)13-5-3-12(4-6-13)14-7-9-15-10-8-14;1-10(2)14-6-4-11-8-13(3)9-12(11)5-7-14;1-9(2)11-6-4-5-10(3)7-8-11;1-8(2)9-4-3-6-10-7-5-9;1-7(2)8-4-3-5-9-6-8;1-7(2)8-5-3-4-6-9-8;1-6(2)7-3-8-5-9-4-7;1-5(2)6-3-7-4-8-6/h12-13H,4-11H2,1-3H3;11-12H,3-10H2,1-2H3;10-12H,4-9H2,1-3H3;9H,4-8H2,1-3H3;8H,3-7H2,1-2H3;2*3-7H,1-2H3;3-6H,1-2H3;3-5H,1-2H3. The summed E-state index contributed by atoms with van der Waals surface area (Å²) in [6.45, 7) is 69.1. The van der Waals surface area contributed by atoms with E-state index >= 15 is 0 Å². The molecule has 2 unspecified atom stereocenters. The van der Waals surface area contributed by atoms with Crippen molar-refractivity contribution >= 4 is 11.3 Å². The minimum Gasteiger partial charge on any atom is -0.380 e. The van der Waals surface area contributed by atoms with E-state index in [2.05, 4.69) is 226 Å². The molecule has 578 valence electrons. The third kappa shape index (κ3) is 37.6. The van der Waals surface area contributed by atoms with E-state index < -0.39 is 0 Å². The Kier molecular flexibility index (Phi) is 46.0. The highest BCUT2D eigenvalue weighted by Gasteiger charge is 2.34. The summed E-state index contributed by atoms with van der Waals surface area (Å²) in [5, 5.41) is 0. The number of ether oxygens (including phenoxy) is 2. The molecule has 12 rings (SSSR count). The van der Waals surface area contributed by atoms with Crippen LogP contribution in [0.4, 0.5) is 0 Å².